The average Bonchev–Trinajstić information content (AvgIpc) is 3.20. The van der Waals surface area contributed by atoms with Gasteiger partial charge in [-0.25, -0.2) is 4.79 Å². The molecule has 7 nitrogen and oxygen atoms in total. The summed E-state index contributed by atoms with van der Waals surface area (Å²) in [6.07, 6.45) is 3.28. The van der Waals surface area contributed by atoms with Gasteiger partial charge in [0.05, 0.1) is 12.2 Å². The molecule has 1 unspecified atom stereocenters. The molecule has 0 aliphatic heterocycles. The second-order valence-corrected chi connectivity index (χ2v) is 7.49. The van der Waals surface area contributed by atoms with Crippen LogP contribution in [0.3, 0.4) is 0 Å². The van der Waals surface area contributed by atoms with Crippen LogP contribution in [0.2, 0.25) is 0 Å². The summed E-state index contributed by atoms with van der Waals surface area (Å²) >= 11 is 0. The van der Waals surface area contributed by atoms with E-state index in [-0.39, 0.29) is 6.42 Å². The number of oxazole rings is 1. The lowest BCUT2D eigenvalue weighted by atomic mass is 10.1. The number of carboxylic acids is 1. The average molecular weight is 497 g/mol. The van der Waals surface area contributed by atoms with E-state index < -0.39 is 24.9 Å². The van der Waals surface area contributed by atoms with Crippen molar-refractivity contribution in [1.82, 2.24) is 4.98 Å². The first-order valence-corrected chi connectivity index (χ1v) is 11.4. The molecule has 0 spiro atoms. The molecule has 0 bridgehead atoms. The molecule has 1 N–H and O–H groups in total. The molecule has 1 aliphatic carbocycles. The van der Waals surface area contributed by atoms with Crippen molar-refractivity contribution in [2.75, 3.05) is 31.7 Å². The molecule has 1 atom stereocenters. The molecule has 1 aliphatic rings. The number of anilines is 1. The van der Waals surface area contributed by atoms with E-state index in [9.17, 15) is 18.0 Å². The zero-order valence-electron chi connectivity index (χ0n) is 20.0. The Morgan fingerprint density at radius 2 is 1.91 bits per heavy atom. The molecule has 1 aromatic heterocycles. The SMILES string of the molecule is CC.CN(CCOc1ccc(CC(OCC(F)(F)F)C(=O)O)cc1)c1nc2c(o1)C=CC/C=C\C2. The van der Waals surface area contributed by atoms with Crippen LogP contribution in [0.4, 0.5) is 19.2 Å². The smallest absolute Gasteiger partial charge is 0.411 e. The maximum Gasteiger partial charge on any atom is 0.411 e. The van der Waals surface area contributed by atoms with E-state index in [4.69, 9.17) is 14.3 Å². The number of fused-ring (bicyclic) bond motifs is 1. The van der Waals surface area contributed by atoms with Gasteiger partial charge in [-0.15, -0.1) is 0 Å². The maximum absolute atomic E-state index is 12.3. The van der Waals surface area contributed by atoms with Crippen LogP contribution in [0, 0.1) is 0 Å². The fourth-order valence-electron chi connectivity index (χ4n) is 3.08. The van der Waals surface area contributed by atoms with Crippen molar-refractivity contribution < 1.29 is 37.0 Å². The Morgan fingerprint density at radius 3 is 2.57 bits per heavy atom. The largest absolute Gasteiger partial charge is 0.492 e. The Labute approximate surface area is 202 Å². The monoisotopic (exact) mass is 496 g/mol. The molecule has 0 radical (unpaired) electrons. The topological polar surface area (TPSA) is 85.0 Å². The summed E-state index contributed by atoms with van der Waals surface area (Å²) < 4.78 is 52.9. The number of hydrogen-bond acceptors (Lipinski definition) is 6. The van der Waals surface area contributed by atoms with Gasteiger partial charge in [-0.2, -0.15) is 18.2 Å². The van der Waals surface area contributed by atoms with E-state index in [0.29, 0.717) is 36.9 Å². The van der Waals surface area contributed by atoms with Crippen molar-refractivity contribution >= 4 is 18.1 Å². The third-order valence-corrected chi connectivity index (χ3v) is 4.83. The number of likely N-dealkylation sites (N-methyl/N-ethyl adjacent to an activating group) is 1. The van der Waals surface area contributed by atoms with E-state index in [1.165, 1.54) is 0 Å². The Bertz CT molecular complexity index is 984. The third-order valence-electron chi connectivity index (χ3n) is 4.83. The van der Waals surface area contributed by atoms with Crippen molar-refractivity contribution in [2.24, 2.45) is 0 Å². The highest BCUT2D eigenvalue weighted by Crippen LogP contribution is 2.22. The van der Waals surface area contributed by atoms with Crippen LogP contribution in [-0.2, 0) is 22.4 Å². The Hall–Kier alpha value is -3.27. The number of halogens is 3. The number of benzene rings is 1. The van der Waals surface area contributed by atoms with Gasteiger partial charge in [0.15, 0.2) is 11.9 Å². The highest BCUT2D eigenvalue weighted by molar-refractivity contribution is 5.72. The van der Waals surface area contributed by atoms with Gasteiger partial charge in [-0.1, -0.05) is 44.2 Å². The number of hydrogen-bond donors (Lipinski definition) is 1. The van der Waals surface area contributed by atoms with Gasteiger partial charge < -0.3 is 23.9 Å². The van der Waals surface area contributed by atoms with Crippen LogP contribution < -0.4 is 9.64 Å². The van der Waals surface area contributed by atoms with E-state index in [0.717, 1.165) is 17.9 Å². The number of ether oxygens (including phenoxy) is 2. The number of rotatable bonds is 10. The Kier molecular flexibility index (Phi) is 10.8. The van der Waals surface area contributed by atoms with Gasteiger partial charge in [0.1, 0.15) is 19.0 Å². The van der Waals surface area contributed by atoms with Crippen molar-refractivity contribution in [3.63, 3.8) is 0 Å². The first-order valence-electron chi connectivity index (χ1n) is 11.4. The summed E-state index contributed by atoms with van der Waals surface area (Å²) in [5.74, 6) is -0.159. The minimum atomic E-state index is -4.59. The number of aliphatic carboxylic acids is 1. The lowest BCUT2D eigenvalue weighted by molar-refractivity contribution is -0.192. The molecule has 2 aromatic rings. The van der Waals surface area contributed by atoms with Gasteiger partial charge >= 0.3 is 12.1 Å². The van der Waals surface area contributed by atoms with E-state index in [1.54, 1.807) is 24.3 Å². The summed E-state index contributed by atoms with van der Waals surface area (Å²) in [6, 6.07) is 6.95. The van der Waals surface area contributed by atoms with Crippen LogP contribution in [0.15, 0.2) is 46.9 Å². The highest BCUT2D eigenvalue weighted by atomic mass is 19.4. The summed E-state index contributed by atoms with van der Waals surface area (Å²) in [4.78, 5) is 17.5. The molecule has 35 heavy (non-hydrogen) atoms. The number of nitrogens with zero attached hydrogens (tertiary/aromatic N) is 2. The number of alkyl halides is 3. The summed E-state index contributed by atoms with van der Waals surface area (Å²) in [6.45, 7) is 3.23. The normalized spacial score (nSPS) is 14.6. The van der Waals surface area contributed by atoms with Gasteiger partial charge in [0, 0.05) is 19.9 Å². The molecule has 0 saturated carbocycles. The zero-order chi connectivity index (χ0) is 25.8. The van der Waals surface area contributed by atoms with Gasteiger partial charge in [0.2, 0.25) is 0 Å². The quantitative estimate of drug-likeness (QED) is 0.447. The summed E-state index contributed by atoms with van der Waals surface area (Å²) in [5.41, 5.74) is 1.40. The lowest BCUT2D eigenvalue weighted by Crippen LogP contribution is -2.31. The Balaban J connectivity index is 0.00000210. The van der Waals surface area contributed by atoms with Crippen molar-refractivity contribution in [3.8, 4) is 5.75 Å². The van der Waals surface area contributed by atoms with Gasteiger partial charge in [-0.3, -0.25) is 0 Å². The predicted molar refractivity (Wildman–Crippen MR) is 127 cm³/mol. The van der Waals surface area contributed by atoms with E-state index in [2.05, 4.69) is 21.9 Å². The second kappa shape index (κ2) is 13.6. The van der Waals surface area contributed by atoms with Crippen LogP contribution in [-0.4, -0.2) is 55.1 Å². The zero-order valence-corrected chi connectivity index (χ0v) is 20.0. The summed E-state index contributed by atoms with van der Waals surface area (Å²) in [5, 5.41) is 9.09. The van der Waals surface area contributed by atoms with Crippen LogP contribution in [0.1, 0.15) is 37.3 Å². The standard InChI is InChI=1S/C23H25F3N2O5.C2H6/c1-28(22-27-18-6-4-2-3-5-7-19(18)33-22)12-13-31-17-10-8-16(9-11-17)14-20(21(29)30)32-15-23(24,25)26;1-2/h2,4-5,7-11,20H,3,6,12-15H2,1H3,(H,29,30);1-2H3/b4-2-,7-5?;. The van der Waals surface area contributed by atoms with Crippen LogP contribution >= 0.6 is 0 Å². The highest BCUT2D eigenvalue weighted by Gasteiger charge is 2.31. The molecule has 192 valence electrons. The molecule has 0 amide bonds. The van der Waals surface area contributed by atoms with E-state index in [1.807, 2.05) is 37.9 Å². The molecule has 0 fully saturated rings. The predicted octanol–water partition coefficient (Wildman–Crippen LogP) is 5.31. The molecule has 10 heteroatoms. The molecular weight excluding hydrogens is 465 g/mol. The number of carboxylic acid groups (broad SMARTS) is 1. The first-order chi connectivity index (χ1) is 16.7. The summed E-state index contributed by atoms with van der Waals surface area (Å²) in [7, 11) is 1.85. The third kappa shape index (κ3) is 9.48. The number of carbonyl (C=O) groups is 1. The van der Waals surface area contributed by atoms with Gasteiger partial charge in [-0.05, 0) is 30.2 Å². The second-order valence-electron chi connectivity index (χ2n) is 7.49. The molecule has 3 rings (SSSR count). The van der Waals surface area contributed by atoms with E-state index >= 15 is 0 Å². The maximum atomic E-state index is 12.3. The minimum absolute atomic E-state index is 0.188. The van der Waals surface area contributed by atoms with Crippen LogP contribution in [0.5, 0.6) is 5.75 Å². The molecular formula is C25H31F3N2O5. The molecule has 1 aromatic carbocycles. The number of allylic oxidation sites excluding steroid dienone is 3. The first kappa shape index (κ1) is 28.0. The minimum Gasteiger partial charge on any atom is -0.492 e. The van der Waals surface area contributed by atoms with Crippen molar-refractivity contribution in [1.29, 1.82) is 0 Å². The molecule has 1 heterocycles. The Morgan fingerprint density at radius 1 is 1.20 bits per heavy atom. The fraction of sp³-hybridized carbons (Fsp3) is 0.440. The van der Waals surface area contributed by atoms with Gasteiger partial charge in [0.25, 0.3) is 6.01 Å². The number of aromatic nitrogens is 1. The fourth-order valence-corrected chi connectivity index (χ4v) is 3.08. The lowest BCUT2D eigenvalue weighted by Gasteiger charge is -2.16. The van der Waals surface area contributed by atoms with Crippen molar-refractivity contribution in [3.05, 3.63) is 59.5 Å². The van der Waals surface area contributed by atoms with Crippen molar-refractivity contribution in [2.45, 2.75) is 45.4 Å². The molecule has 0 saturated heterocycles. The van der Waals surface area contributed by atoms with Crippen LogP contribution in [0.25, 0.3) is 6.08 Å².